The lowest BCUT2D eigenvalue weighted by molar-refractivity contribution is -0.140. The summed E-state index contributed by atoms with van der Waals surface area (Å²) in [5.41, 5.74) is 0.721. The summed E-state index contributed by atoms with van der Waals surface area (Å²) in [6.07, 6.45) is -3.04. The van der Waals surface area contributed by atoms with Crippen molar-refractivity contribution < 1.29 is 18.0 Å². The Labute approximate surface area is 183 Å². The van der Waals surface area contributed by atoms with Gasteiger partial charge < -0.3 is 10.2 Å². The molecular weight excluding hydrogens is 423 g/mol. The van der Waals surface area contributed by atoms with Crippen LogP contribution in [0.2, 0.25) is 0 Å². The fraction of sp³-hybridized carbons (Fsp3) is 0.429. The lowest BCUT2D eigenvalue weighted by Gasteiger charge is -2.34. The molecule has 0 unspecified atom stereocenters. The normalized spacial score (nSPS) is 15.3. The van der Waals surface area contributed by atoms with E-state index in [-0.39, 0.29) is 11.4 Å². The summed E-state index contributed by atoms with van der Waals surface area (Å²) in [7, 11) is 1.81. The Bertz CT molecular complexity index is 1100. The molecule has 0 saturated carbocycles. The smallest absolute Gasteiger partial charge is 0.368 e. The first-order valence-corrected chi connectivity index (χ1v) is 10.3. The number of nitrogens with one attached hydrogen (secondary N) is 1. The highest BCUT2D eigenvalue weighted by molar-refractivity contribution is 5.92. The summed E-state index contributed by atoms with van der Waals surface area (Å²) < 4.78 is 40.4. The van der Waals surface area contributed by atoms with Crippen molar-refractivity contribution in [2.75, 3.05) is 44.6 Å². The topological polar surface area (TPSA) is 79.2 Å². The molecule has 0 aromatic carbocycles. The number of fused-ring (bicyclic) bond motifs is 1. The standard InChI is InChI=1S/C21H24F3N7O/c1-14-13-17(28-29(14)2)20(32)31-11-9-30(10-12-31)8-7-26-19-15-3-4-18(21(22,23)24)27-16(15)5-6-25-19/h3-6,13H,7-12H2,1-2H3,(H,25,26). The first kappa shape index (κ1) is 22.0. The van der Waals surface area contributed by atoms with Gasteiger partial charge in [0.05, 0.1) is 5.52 Å². The van der Waals surface area contributed by atoms with Gasteiger partial charge in [0, 0.05) is 63.6 Å². The van der Waals surface area contributed by atoms with Crippen molar-refractivity contribution in [3.63, 3.8) is 0 Å². The van der Waals surface area contributed by atoms with Gasteiger partial charge in [0.15, 0.2) is 5.69 Å². The molecule has 8 nitrogen and oxygen atoms in total. The van der Waals surface area contributed by atoms with Gasteiger partial charge >= 0.3 is 6.18 Å². The number of carbonyl (C=O) groups excluding carboxylic acids is 1. The van der Waals surface area contributed by atoms with Crippen molar-refractivity contribution in [1.29, 1.82) is 0 Å². The number of hydrogen-bond acceptors (Lipinski definition) is 6. The molecule has 4 rings (SSSR count). The minimum absolute atomic E-state index is 0.0582. The number of aromatic nitrogens is 4. The van der Waals surface area contributed by atoms with Crippen LogP contribution in [-0.4, -0.2) is 74.7 Å². The van der Waals surface area contributed by atoms with Crippen LogP contribution in [0.5, 0.6) is 0 Å². The van der Waals surface area contributed by atoms with Crippen molar-refractivity contribution in [3.05, 3.63) is 47.5 Å². The van der Waals surface area contributed by atoms with E-state index in [1.807, 2.05) is 18.9 Å². The molecule has 11 heteroatoms. The SMILES string of the molecule is Cc1cc(C(=O)N2CCN(CCNc3nccc4nc(C(F)(F)F)ccc34)CC2)nn1C. The van der Waals surface area contributed by atoms with E-state index in [9.17, 15) is 18.0 Å². The Morgan fingerprint density at radius 1 is 1.16 bits per heavy atom. The minimum atomic E-state index is -4.48. The zero-order valence-electron chi connectivity index (χ0n) is 17.9. The summed E-state index contributed by atoms with van der Waals surface area (Å²) >= 11 is 0. The van der Waals surface area contributed by atoms with Crippen LogP contribution in [0.25, 0.3) is 10.9 Å². The predicted octanol–water partition coefficient (Wildman–Crippen LogP) is 2.56. The molecule has 1 aliphatic rings. The monoisotopic (exact) mass is 447 g/mol. The second-order valence-corrected chi connectivity index (χ2v) is 7.78. The Morgan fingerprint density at radius 3 is 2.56 bits per heavy atom. The maximum Gasteiger partial charge on any atom is 0.433 e. The number of aryl methyl sites for hydroxylation is 2. The molecule has 0 aliphatic carbocycles. The number of nitrogens with zero attached hydrogens (tertiary/aromatic N) is 6. The van der Waals surface area contributed by atoms with E-state index in [1.54, 1.807) is 10.7 Å². The molecule has 3 aromatic rings. The van der Waals surface area contributed by atoms with Gasteiger partial charge in [0.1, 0.15) is 11.5 Å². The van der Waals surface area contributed by atoms with Crippen LogP contribution < -0.4 is 5.32 Å². The number of halogens is 3. The maximum atomic E-state index is 12.9. The van der Waals surface area contributed by atoms with Gasteiger partial charge in [-0.1, -0.05) is 0 Å². The van der Waals surface area contributed by atoms with Crippen LogP contribution >= 0.6 is 0 Å². The Balaban J connectivity index is 1.30. The Morgan fingerprint density at radius 2 is 1.91 bits per heavy atom. The van der Waals surface area contributed by atoms with Gasteiger partial charge in [-0.25, -0.2) is 9.97 Å². The largest absolute Gasteiger partial charge is 0.433 e. The third kappa shape index (κ3) is 4.67. The molecular formula is C21H24F3N7O. The van der Waals surface area contributed by atoms with E-state index in [4.69, 9.17) is 0 Å². The molecule has 170 valence electrons. The molecule has 1 saturated heterocycles. The van der Waals surface area contributed by atoms with Crippen LogP contribution in [0, 0.1) is 6.92 Å². The van der Waals surface area contributed by atoms with Crippen molar-refractivity contribution in [2.24, 2.45) is 7.05 Å². The van der Waals surface area contributed by atoms with Gasteiger partial charge in [0.25, 0.3) is 5.91 Å². The fourth-order valence-corrected chi connectivity index (χ4v) is 3.69. The van der Waals surface area contributed by atoms with Crippen molar-refractivity contribution in [3.8, 4) is 0 Å². The average molecular weight is 447 g/mol. The third-order valence-electron chi connectivity index (χ3n) is 5.62. The van der Waals surface area contributed by atoms with Crippen molar-refractivity contribution >= 4 is 22.6 Å². The molecule has 4 heterocycles. The van der Waals surface area contributed by atoms with Gasteiger partial charge in [-0.3, -0.25) is 14.4 Å². The highest BCUT2D eigenvalue weighted by Gasteiger charge is 2.32. The molecule has 1 fully saturated rings. The van der Waals surface area contributed by atoms with Crippen LogP contribution in [0.3, 0.4) is 0 Å². The van der Waals surface area contributed by atoms with Gasteiger partial charge in [0.2, 0.25) is 0 Å². The number of piperazine rings is 1. The van der Waals surface area contributed by atoms with Crippen LogP contribution in [0.15, 0.2) is 30.5 Å². The molecule has 32 heavy (non-hydrogen) atoms. The van der Waals surface area contributed by atoms with Crippen LogP contribution in [0.4, 0.5) is 19.0 Å². The molecule has 1 N–H and O–H groups in total. The first-order chi connectivity index (χ1) is 15.2. The zero-order chi connectivity index (χ0) is 22.9. The lowest BCUT2D eigenvalue weighted by Crippen LogP contribution is -2.49. The highest BCUT2D eigenvalue weighted by atomic mass is 19.4. The zero-order valence-corrected chi connectivity index (χ0v) is 17.9. The molecule has 1 amide bonds. The van der Waals surface area contributed by atoms with Gasteiger partial charge in [-0.2, -0.15) is 18.3 Å². The third-order valence-corrected chi connectivity index (χ3v) is 5.62. The average Bonchev–Trinajstić information content (AvgIpc) is 3.11. The number of hydrogen-bond donors (Lipinski definition) is 1. The van der Waals surface area contributed by atoms with E-state index in [0.717, 1.165) is 31.4 Å². The fourth-order valence-electron chi connectivity index (χ4n) is 3.69. The first-order valence-electron chi connectivity index (χ1n) is 10.3. The molecule has 0 bridgehead atoms. The summed E-state index contributed by atoms with van der Waals surface area (Å²) in [6.45, 7) is 5.90. The van der Waals surface area contributed by atoms with E-state index < -0.39 is 11.9 Å². The predicted molar refractivity (Wildman–Crippen MR) is 113 cm³/mol. The molecule has 0 atom stereocenters. The molecule has 0 radical (unpaired) electrons. The quantitative estimate of drug-likeness (QED) is 0.648. The van der Waals surface area contributed by atoms with Crippen molar-refractivity contribution in [2.45, 2.75) is 13.1 Å². The number of pyridine rings is 2. The number of rotatable bonds is 5. The van der Waals surface area contributed by atoms with E-state index in [0.29, 0.717) is 36.5 Å². The summed E-state index contributed by atoms with van der Waals surface area (Å²) in [6, 6.07) is 5.62. The summed E-state index contributed by atoms with van der Waals surface area (Å²) in [5, 5.41) is 8.00. The van der Waals surface area contributed by atoms with Gasteiger partial charge in [-0.05, 0) is 31.2 Å². The second kappa shape index (κ2) is 8.73. The summed E-state index contributed by atoms with van der Waals surface area (Å²) in [4.78, 5) is 24.6. The van der Waals surface area contributed by atoms with E-state index >= 15 is 0 Å². The van der Waals surface area contributed by atoms with Crippen LogP contribution in [-0.2, 0) is 13.2 Å². The van der Waals surface area contributed by atoms with E-state index in [2.05, 4.69) is 25.3 Å². The second-order valence-electron chi connectivity index (χ2n) is 7.78. The molecule has 0 spiro atoms. The Kier molecular flexibility index (Phi) is 6.00. The van der Waals surface area contributed by atoms with E-state index in [1.165, 1.54) is 18.3 Å². The maximum absolute atomic E-state index is 12.9. The van der Waals surface area contributed by atoms with Gasteiger partial charge in [-0.15, -0.1) is 0 Å². The number of amides is 1. The van der Waals surface area contributed by atoms with Crippen molar-refractivity contribution in [1.82, 2.24) is 29.5 Å². The lowest BCUT2D eigenvalue weighted by atomic mass is 10.2. The highest BCUT2D eigenvalue weighted by Crippen LogP contribution is 2.30. The van der Waals surface area contributed by atoms with Crippen LogP contribution in [0.1, 0.15) is 21.9 Å². The molecule has 3 aromatic heterocycles. The number of carbonyl (C=O) groups is 1. The number of alkyl halides is 3. The Hall–Kier alpha value is -3.21. The number of anilines is 1. The molecule has 1 aliphatic heterocycles. The summed E-state index contributed by atoms with van der Waals surface area (Å²) in [5.74, 6) is 0.445. The minimum Gasteiger partial charge on any atom is -0.368 e.